The molecule has 1 saturated heterocycles. The minimum atomic E-state index is -0.452. The van der Waals surface area contributed by atoms with E-state index in [4.69, 9.17) is 11.5 Å². The van der Waals surface area contributed by atoms with E-state index in [1.807, 2.05) is 18.0 Å². The van der Waals surface area contributed by atoms with E-state index in [1.165, 1.54) is 0 Å². The molecule has 0 radical (unpaired) electrons. The summed E-state index contributed by atoms with van der Waals surface area (Å²) in [4.78, 5) is 39.2. The van der Waals surface area contributed by atoms with Crippen LogP contribution in [-0.4, -0.2) is 58.3 Å². The van der Waals surface area contributed by atoms with E-state index in [0.717, 1.165) is 17.7 Å². The molecule has 136 valence electrons. The Morgan fingerprint density at radius 3 is 2.44 bits per heavy atom. The van der Waals surface area contributed by atoms with E-state index in [1.54, 1.807) is 4.57 Å². The number of carbonyl (C=O) groups is 3. The van der Waals surface area contributed by atoms with Crippen LogP contribution in [0.1, 0.15) is 34.6 Å². The predicted octanol–water partition coefficient (Wildman–Crippen LogP) is -0.794. The van der Waals surface area contributed by atoms with Crippen LogP contribution in [0.3, 0.4) is 0 Å². The molecule has 3 rings (SSSR count). The van der Waals surface area contributed by atoms with E-state index in [-0.39, 0.29) is 17.7 Å². The van der Waals surface area contributed by atoms with Gasteiger partial charge in [0, 0.05) is 25.2 Å². The number of piperidine rings is 1. The molecule has 2 aliphatic rings. The van der Waals surface area contributed by atoms with Gasteiger partial charge in [0.15, 0.2) is 0 Å². The van der Waals surface area contributed by atoms with Crippen LogP contribution in [0.5, 0.6) is 0 Å². The number of fused-ring (bicyclic) bond motifs is 1. The van der Waals surface area contributed by atoms with Crippen LogP contribution >= 0.6 is 0 Å². The third kappa shape index (κ3) is 3.53. The molecular weight excluding hydrogens is 322 g/mol. The van der Waals surface area contributed by atoms with Crippen LogP contribution in [-0.2, 0) is 29.6 Å². The van der Waals surface area contributed by atoms with Gasteiger partial charge in [0.25, 0.3) is 5.91 Å². The second kappa shape index (κ2) is 6.87. The highest BCUT2D eigenvalue weighted by Crippen LogP contribution is 2.23. The van der Waals surface area contributed by atoms with Crippen LogP contribution in [0.15, 0.2) is 6.07 Å². The standard InChI is InChI=1S/C17H25N5O3/c1-20-13(17(19)25)8-12-4-7-22(9-14(12)20)15(23)10-21-5-2-11(3-6-21)16(18)24/h8,11H,2-7,9-10H2,1H3,(H2,18,24)(H2,19,25). The summed E-state index contributed by atoms with van der Waals surface area (Å²) in [6.45, 7) is 2.93. The van der Waals surface area contributed by atoms with Crippen molar-refractivity contribution >= 4 is 17.7 Å². The first-order valence-electron chi connectivity index (χ1n) is 8.63. The van der Waals surface area contributed by atoms with Crippen molar-refractivity contribution in [2.24, 2.45) is 24.4 Å². The summed E-state index contributed by atoms with van der Waals surface area (Å²) in [7, 11) is 1.81. The Kier molecular flexibility index (Phi) is 4.80. The van der Waals surface area contributed by atoms with Gasteiger partial charge in [-0.1, -0.05) is 0 Å². The third-order valence-electron chi connectivity index (χ3n) is 5.39. The molecule has 0 saturated carbocycles. The fraction of sp³-hybridized carbons (Fsp3) is 0.588. The van der Waals surface area contributed by atoms with E-state index in [0.29, 0.717) is 51.3 Å². The Morgan fingerprint density at radius 1 is 1.16 bits per heavy atom. The van der Waals surface area contributed by atoms with Crippen molar-refractivity contribution < 1.29 is 14.4 Å². The molecule has 0 unspecified atom stereocenters. The zero-order valence-electron chi connectivity index (χ0n) is 14.5. The summed E-state index contributed by atoms with van der Waals surface area (Å²) in [6, 6.07) is 1.83. The van der Waals surface area contributed by atoms with Crippen molar-refractivity contribution in [3.8, 4) is 0 Å². The number of hydrogen-bond donors (Lipinski definition) is 2. The molecular formula is C17H25N5O3. The maximum atomic E-state index is 12.6. The lowest BCUT2D eigenvalue weighted by Crippen LogP contribution is -2.46. The van der Waals surface area contributed by atoms with Crippen molar-refractivity contribution in [1.29, 1.82) is 0 Å². The first kappa shape index (κ1) is 17.5. The molecule has 0 aromatic carbocycles. The van der Waals surface area contributed by atoms with Gasteiger partial charge in [-0.3, -0.25) is 19.3 Å². The zero-order valence-corrected chi connectivity index (χ0v) is 14.5. The number of rotatable bonds is 4. The summed E-state index contributed by atoms with van der Waals surface area (Å²) in [6.07, 6.45) is 2.16. The molecule has 1 fully saturated rings. The first-order chi connectivity index (χ1) is 11.9. The average Bonchev–Trinajstić information content (AvgIpc) is 2.92. The fourth-order valence-electron chi connectivity index (χ4n) is 3.76. The van der Waals surface area contributed by atoms with Gasteiger partial charge in [0.2, 0.25) is 11.8 Å². The normalized spacial score (nSPS) is 18.8. The minimum Gasteiger partial charge on any atom is -0.369 e. The lowest BCUT2D eigenvalue weighted by molar-refractivity contribution is -0.134. The molecule has 8 heteroatoms. The number of likely N-dealkylation sites (tertiary alicyclic amines) is 1. The van der Waals surface area contributed by atoms with Gasteiger partial charge in [-0.15, -0.1) is 0 Å². The number of primary amides is 2. The number of amides is 3. The molecule has 3 heterocycles. The second-order valence-corrected chi connectivity index (χ2v) is 6.94. The highest BCUT2D eigenvalue weighted by molar-refractivity contribution is 5.91. The molecule has 8 nitrogen and oxygen atoms in total. The van der Waals surface area contributed by atoms with Crippen molar-refractivity contribution in [3.63, 3.8) is 0 Å². The molecule has 4 N–H and O–H groups in total. The van der Waals surface area contributed by atoms with Crippen molar-refractivity contribution in [3.05, 3.63) is 23.0 Å². The van der Waals surface area contributed by atoms with Gasteiger partial charge < -0.3 is 20.9 Å². The molecule has 1 aromatic heterocycles. The number of aromatic nitrogens is 1. The minimum absolute atomic E-state index is 0.0699. The maximum absolute atomic E-state index is 12.6. The topological polar surface area (TPSA) is 115 Å². The van der Waals surface area contributed by atoms with Crippen molar-refractivity contribution in [2.75, 3.05) is 26.2 Å². The van der Waals surface area contributed by atoms with Crippen LogP contribution in [0.2, 0.25) is 0 Å². The highest BCUT2D eigenvalue weighted by Gasteiger charge is 2.28. The molecule has 0 spiro atoms. The Morgan fingerprint density at radius 2 is 1.84 bits per heavy atom. The van der Waals surface area contributed by atoms with Crippen LogP contribution < -0.4 is 11.5 Å². The summed E-state index contributed by atoms with van der Waals surface area (Å²) in [5.74, 6) is -0.694. The van der Waals surface area contributed by atoms with Crippen molar-refractivity contribution in [1.82, 2.24) is 14.4 Å². The lowest BCUT2D eigenvalue weighted by atomic mass is 9.96. The first-order valence-corrected chi connectivity index (χ1v) is 8.63. The Balaban J connectivity index is 1.60. The summed E-state index contributed by atoms with van der Waals surface area (Å²) in [5.41, 5.74) is 13.3. The van der Waals surface area contributed by atoms with Crippen LogP contribution in [0.25, 0.3) is 0 Å². The third-order valence-corrected chi connectivity index (χ3v) is 5.39. The monoisotopic (exact) mass is 347 g/mol. The quantitative estimate of drug-likeness (QED) is 0.742. The lowest BCUT2D eigenvalue weighted by Gasteiger charge is -2.33. The van der Waals surface area contributed by atoms with E-state index in [2.05, 4.69) is 4.90 Å². The molecule has 0 atom stereocenters. The smallest absolute Gasteiger partial charge is 0.265 e. The summed E-state index contributed by atoms with van der Waals surface area (Å²) < 4.78 is 1.79. The molecule has 25 heavy (non-hydrogen) atoms. The largest absolute Gasteiger partial charge is 0.369 e. The van der Waals surface area contributed by atoms with Gasteiger partial charge in [0.1, 0.15) is 5.69 Å². The molecule has 2 aliphatic heterocycles. The Labute approximate surface area is 146 Å². The zero-order chi connectivity index (χ0) is 18.1. The van der Waals surface area contributed by atoms with Crippen LogP contribution in [0.4, 0.5) is 0 Å². The fourth-order valence-corrected chi connectivity index (χ4v) is 3.76. The highest BCUT2D eigenvalue weighted by atomic mass is 16.2. The molecule has 3 amide bonds. The molecule has 0 bridgehead atoms. The van der Waals surface area contributed by atoms with Gasteiger partial charge in [-0.2, -0.15) is 0 Å². The summed E-state index contributed by atoms with van der Waals surface area (Å²) >= 11 is 0. The number of hydrogen-bond acceptors (Lipinski definition) is 4. The second-order valence-electron chi connectivity index (χ2n) is 6.94. The van der Waals surface area contributed by atoms with Crippen LogP contribution in [0, 0.1) is 5.92 Å². The van der Waals surface area contributed by atoms with Crippen molar-refractivity contribution in [2.45, 2.75) is 25.8 Å². The Bertz CT molecular complexity index is 703. The molecule has 0 aliphatic carbocycles. The summed E-state index contributed by atoms with van der Waals surface area (Å²) in [5, 5.41) is 0. The van der Waals surface area contributed by atoms with Gasteiger partial charge in [-0.05, 0) is 44.0 Å². The maximum Gasteiger partial charge on any atom is 0.265 e. The van der Waals surface area contributed by atoms with E-state index in [9.17, 15) is 14.4 Å². The Hall–Kier alpha value is -2.35. The van der Waals surface area contributed by atoms with Gasteiger partial charge in [-0.25, -0.2) is 0 Å². The number of nitrogens with two attached hydrogens (primary N) is 2. The van der Waals surface area contributed by atoms with E-state index >= 15 is 0 Å². The number of nitrogens with zero attached hydrogens (tertiary/aromatic N) is 3. The predicted molar refractivity (Wildman–Crippen MR) is 91.4 cm³/mol. The van der Waals surface area contributed by atoms with Gasteiger partial charge >= 0.3 is 0 Å². The molecule has 1 aromatic rings. The van der Waals surface area contributed by atoms with Gasteiger partial charge in [0.05, 0.1) is 13.1 Å². The number of carbonyl (C=O) groups excluding carboxylic acids is 3. The SMILES string of the molecule is Cn1c(C(N)=O)cc2c1CN(C(=O)CN1CCC(C(N)=O)CC1)CC2. The van der Waals surface area contributed by atoms with E-state index < -0.39 is 5.91 Å². The average molecular weight is 347 g/mol.